The predicted molar refractivity (Wildman–Crippen MR) is 101 cm³/mol. The lowest BCUT2D eigenvalue weighted by molar-refractivity contribution is -0.131. The third-order valence-corrected chi connectivity index (χ3v) is 5.64. The van der Waals surface area contributed by atoms with E-state index in [0.717, 1.165) is 62.3 Å². The van der Waals surface area contributed by atoms with E-state index < -0.39 is 0 Å². The molecule has 0 atom stereocenters. The van der Waals surface area contributed by atoms with Crippen molar-refractivity contribution in [1.29, 1.82) is 0 Å². The molecule has 1 aliphatic carbocycles. The molecule has 1 aliphatic heterocycles. The minimum atomic E-state index is 0.338. The van der Waals surface area contributed by atoms with Crippen LogP contribution in [0.25, 0.3) is 0 Å². The smallest absolute Gasteiger partial charge is 0.222 e. The van der Waals surface area contributed by atoms with Crippen LogP contribution in [0, 0.1) is 19.8 Å². The molecule has 138 valence electrons. The van der Waals surface area contributed by atoms with Crippen molar-refractivity contribution in [3.63, 3.8) is 0 Å². The Hall–Kier alpha value is -1.65. The van der Waals surface area contributed by atoms with Crippen LogP contribution in [0.15, 0.2) is 6.07 Å². The summed E-state index contributed by atoms with van der Waals surface area (Å²) in [6, 6.07) is 2.04. The molecule has 5 heteroatoms. The van der Waals surface area contributed by atoms with Gasteiger partial charge in [0.15, 0.2) is 0 Å². The van der Waals surface area contributed by atoms with E-state index in [1.165, 1.54) is 38.5 Å². The molecular weight excluding hydrogens is 312 g/mol. The molecule has 1 saturated heterocycles. The SMILES string of the molecule is Cc1cc(N2CCN(C(=O)CCCC3CCCCC3)CC2)nc(C)n1. The van der Waals surface area contributed by atoms with E-state index in [1.807, 2.05) is 24.8 Å². The van der Waals surface area contributed by atoms with Crippen LogP contribution in [0.3, 0.4) is 0 Å². The van der Waals surface area contributed by atoms with Gasteiger partial charge in [0.1, 0.15) is 11.6 Å². The number of rotatable bonds is 5. The molecule has 1 aromatic heterocycles. The number of anilines is 1. The second-order valence-electron chi connectivity index (χ2n) is 7.68. The normalized spacial score (nSPS) is 19.3. The fourth-order valence-electron chi connectivity index (χ4n) is 4.22. The summed E-state index contributed by atoms with van der Waals surface area (Å²) in [4.78, 5) is 25.7. The van der Waals surface area contributed by atoms with Crippen molar-refractivity contribution in [3.05, 3.63) is 17.6 Å². The van der Waals surface area contributed by atoms with Gasteiger partial charge in [-0.1, -0.05) is 32.1 Å². The minimum Gasteiger partial charge on any atom is -0.353 e. The lowest BCUT2D eigenvalue weighted by Gasteiger charge is -2.35. The average Bonchev–Trinajstić information content (AvgIpc) is 2.62. The van der Waals surface area contributed by atoms with E-state index in [1.54, 1.807) is 0 Å². The van der Waals surface area contributed by atoms with Crippen LogP contribution in [0.4, 0.5) is 5.82 Å². The van der Waals surface area contributed by atoms with Gasteiger partial charge in [0.2, 0.25) is 5.91 Å². The molecule has 2 aliphatic rings. The summed E-state index contributed by atoms with van der Waals surface area (Å²) in [5.74, 6) is 3.03. The molecule has 25 heavy (non-hydrogen) atoms. The van der Waals surface area contributed by atoms with Gasteiger partial charge in [-0.2, -0.15) is 0 Å². The molecule has 2 heterocycles. The van der Waals surface area contributed by atoms with Gasteiger partial charge in [-0.3, -0.25) is 4.79 Å². The topological polar surface area (TPSA) is 49.3 Å². The van der Waals surface area contributed by atoms with E-state index >= 15 is 0 Å². The highest BCUT2D eigenvalue weighted by atomic mass is 16.2. The number of piperazine rings is 1. The molecule has 0 spiro atoms. The van der Waals surface area contributed by atoms with Crippen molar-refractivity contribution in [2.75, 3.05) is 31.1 Å². The summed E-state index contributed by atoms with van der Waals surface area (Å²) >= 11 is 0. The maximum Gasteiger partial charge on any atom is 0.222 e. The second-order valence-corrected chi connectivity index (χ2v) is 7.68. The highest BCUT2D eigenvalue weighted by Gasteiger charge is 2.22. The Kier molecular flexibility index (Phi) is 6.27. The van der Waals surface area contributed by atoms with E-state index in [-0.39, 0.29) is 0 Å². The van der Waals surface area contributed by atoms with Crippen molar-refractivity contribution >= 4 is 11.7 Å². The number of amides is 1. The standard InChI is InChI=1S/C20H32N4O/c1-16-15-19(22-17(2)21-16)23-11-13-24(14-12-23)20(25)10-6-9-18-7-4-3-5-8-18/h15,18H,3-14H2,1-2H3. The van der Waals surface area contributed by atoms with E-state index in [2.05, 4.69) is 14.9 Å². The number of aryl methyl sites for hydroxylation is 2. The van der Waals surface area contributed by atoms with Crippen molar-refractivity contribution in [2.24, 2.45) is 5.92 Å². The molecular formula is C20H32N4O. The minimum absolute atomic E-state index is 0.338. The summed E-state index contributed by atoms with van der Waals surface area (Å²) in [5.41, 5.74) is 1.00. The van der Waals surface area contributed by atoms with E-state index in [4.69, 9.17) is 0 Å². The van der Waals surface area contributed by atoms with Crippen molar-refractivity contribution in [2.45, 2.75) is 65.2 Å². The number of hydrogen-bond acceptors (Lipinski definition) is 4. The molecule has 1 aromatic rings. The summed E-state index contributed by atoms with van der Waals surface area (Å²) in [6.45, 7) is 7.29. The van der Waals surface area contributed by atoms with Crippen LogP contribution in [0.2, 0.25) is 0 Å². The quantitative estimate of drug-likeness (QED) is 0.820. The summed E-state index contributed by atoms with van der Waals surface area (Å²) in [5, 5.41) is 0. The van der Waals surface area contributed by atoms with Gasteiger partial charge in [0, 0.05) is 44.4 Å². The number of carbonyl (C=O) groups excluding carboxylic acids is 1. The van der Waals surface area contributed by atoms with Crippen LogP contribution in [0.5, 0.6) is 0 Å². The highest BCUT2D eigenvalue weighted by Crippen LogP contribution is 2.27. The van der Waals surface area contributed by atoms with Crippen LogP contribution in [0.1, 0.15) is 62.9 Å². The van der Waals surface area contributed by atoms with Crippen molar-refractivity contribution in [1.82, 2.24) is 14.9 Å². The molecule has 0 N–H and O–H groups in total. The maximum absolute atomic E-state index is 12.5. The van der Waals surface area contributed by atoms with Crippen LogP contribution >= 0.6 is 0 Å². The molecule has 0 aromatic carbocycles. The summed E-state index contributed by atoms with van der Waals surface area (Å²) in [6.07, 6.45) is 9.98. The number of carbonyl (C=O) groups is 1. The van der Waals surface area contributed by atoms with Crippen molar-refractivity contribution in [3.8, 4) is 0 Å². The molecule has 0 radical (unpaired) electrons. The molecule has 0 bridgehead atoms. The van der Waals surface area contributed by atoms with Gasteiger partial charge in [-0.25, -0.2) is 9.97 Å². The van der Waals surface area contributed by atoms with E-state index in [0.29, 0.717) is 5.91 Å². The monoisotopic (exact) mass is 344 g/mol. The lowest BCUT2D eigenvalue weighted by Crippen LogP contribution is -2.49. The Morgan fingerprint density at radius 2 is 1.80 bits per heavy atom. The van der Waals surface area contributed by atoms with Crippen LogP contribution in [-0.4, -0.2) is 47.0 Å². The summed E-state index contributed by atoms with van der Waals surface area (Å²) in [7, 11) is 0. The first kappa shape index (κ1) is 18.2. The molecule has 1 saturated carbocycles. The van der Waals surface area contributed by atoms with Crippen LogP contribution < -0.4 is 4.90 Å². The van der Waals surface area contributed by atoms with Crippen LogP contribution in [-0.2, 0) is 4.79 Å². The molecule has 0 unspecified atom stereocenters. The van der Waals surface area contributed by atoms with Gasteiger partial charge >= 0.3 is 0 Å². The van der Waals surface area contributed by atoms with Gasteiger partial charge in [0.05, 0.1) is 0 Å². The molecule has 5 nitrogen and oxygen atoms in total. The third kappa shape index (κ3) is 5.16. The van der Waals surface area contributed by atoms with Crippen molar-refractivity contribution < 1.29 is 4.79 Å². The zero-order valence-electron chi connectivity index (χ0n) is 15.8. The Bertz CT molecular complexity index is 555. The van der Waals surface area contributed by atoms with Gasteiger partial charge < -0.3 is 9.80 Å². The average molecular weight is 345 g/mol. The second kappa shape index (κ2) is 8.63. The fourth-order valence-corrected chi connectivity index (χ4v) is 4.22. The first-order valence-electron chi connectivity index (χ1n) is 9.97. The number of nitrogens with zero attached hydrogens (tertiary/aromatic N) is 4. The lowest BCUT2D eigenvalue weighted by atomic mass is 9.86. The zero-order chi connectivity index (χ0) is 17.6. The zero-order valence-corrected chi connectivity index (χ0v) is 15.8. The fraction of sp³-hybridized carbons (Fsp3) is 0.750. The first-order valence-corrected chi connectivity index (χ1v) is 9.97. The van der Waals surface area contributed by atoms with Gasteiger partial charge in [-0.15, -0.1) is 0 Å². The Morgan fingerprint density at radius 3 is 2.48 bits per heavy atom. The Balaban J connectivity index is 1.41. The largest absolute Gasteiger partial charge is 0.353 e. The molecule has 2 fully saturated rings. The molecule has 3 rings (SSSR count). The first-order chi connectivity index (χ1) is 12.1. The van der Waals surface area contributed by atoms with E-state index in [9.17, 15) is 4.79 Å². The predicted octanol–water partition coefficient (Wildman–Crippen LogP) is 3.49. The number of hydrogen-bond donors (Lipinski definition) is 0. The summed E-state index contributed by atoms with van der Waals surface area (Å²) < 4.78 is 0. The van der Waals surface area contributed by atoms with Gasteiger partial charge in [-0.05, 0) is 32.6 Å². The third-order valence-electron chi connectivity index (χ3n) is 5.64. The van der Waals surface area contributed by atoms with Gasteiger partial charge in [0.25, 0.3) is 0 Å². The molecule has 1 amide bonds. The Morgan fingerprint density at radius 1 is 1.08 bits per heavy atom. The Labute approximate surface area is 151 Å². The highest BCUT2D eigenvalue weighted by molar-refractivity contribution is 5.76. The number of aromatic nitrogens is 2. The maximum atomic E-state index is 12.5.